The molecule has 0 radical (unpaired) electrons. The fraction of sp³-hybridized carbons (Fsp3) is 0.500. The van der Waals surface area contributed by atoms with Gasteiger partial charge in [-0.2, -0.15) is 0 Å². The second kappa shape index (κ2) is 4.12. The van der Waals surface area contributed by atoms with Gasteiger partial charge in [-0.1, -0.05) is 26.0 Å². The zero-order chi connectivity index (χ0) is 11.7. The molecule has 16 heavy (non-hydrogen) atoms. The number of hydrogen-bond acceptors (Lipinski definition) is 3. The summed E-state index contributed by atoms with van der Waals surface area (Å²) in [6.07, 6.45) is 1.07. The van der Waals surface area contributed by atoms with Crippen LogP contribution in [0, 0.1) is 16.0 Å². The molecule has 86 valence electrons. The Morgan fingerprint density at radius 2 is 2.31 bits per heavy atom. The second-order valence-electron chi connectivity index (χ2n) is 4.71. The summed E-state index contributed by atoms with van der Waals surface area (Å²) in [4.78, 5) is 10.5. The van der Waals surface area contributed by atoms with Crippen molar-refractivity contribution in [2.45, 2.75) is 26.2 Å². The monoisotopic (exact) mass is 220 g/mol. The Morgan fingerprint density at radius 3 is 2.94 bits per heavy atom. The molecule has 0 spiro atoms. The number of benzene rings is 1. The summed E-state index contributed by atoms with van der Waals surface area (Å²) in [5.41, 5.74) is 2.02. The zero-order valence-corrected chi connectivity index (χ0v) is 9.56. The van der Waals surface area contributed by atoms with E-state index >= 15 is 0 Å². The predicted octanol–water partition coefficient (Wildman–Crippen LogP) is 3.15. The van der Waals surface area contributed by atoms with Crippen molar-refractivity contribution in [1.29, 1.82) is 0 Å². The molecule has 1 unspecified atom stereocenters. The molecular weight excluding hydrogens is 204 g/mol. The van der Waals surface area contributed by atoms with Gasteiger partial charge < -0.3 is 5.32 Å². The summed E-state index contributed by atoms with van der Waals surface area (Å²) in [6, 6.07) is 5.33. The SMILES string of the molecule is CC(C)CC1CNc2c1cccc2[N+](=O)[O-]. The van der Waals surface area contributed by atoms with E-state index in [1.165, 1.54) is 0 Å². The summed E-state index contributed by atoms with van der Waals surface area (Å²) in [5, 5.41) is 14.0. The molecule has 0 bridgehead atoms. The van der Waals surface area contributed by atoms with E-state index in [2.05, 4.69) is 19.2 Å². The average Bonchev–Trinajstić information content (AvgIpc) is 2.60. The van der Waals surface area contributed by atoms with Crippen LogP contribution in [0.4, 0.5) is 11.4 Å². The Morgan fingerprint density at radius 1 is 1.56 bits per heavy atom. The van der Waals surface area contributed by atoms with Gasteiger partial charge in [-0.3, -0.25) is 10.1 Å². The highest BCUT2D eigenvalue weighted by Crippen LogP contribution is 2.40. The molecule has 0 aromatic heterocycles. The van der Waals surface area contributed by atoms with Crippen LogP contribution >= 0.6 is 0 Å². The van der Waals surface area contributed by atoms with Crippen LogP contribution in [0.15, 0.2) is 18.2 Å². The lowest BCUT2D eigenvalue weighted by Gasteiger charge is -2.12. The summed E-state index contributed by atoms with van der Waals surface area (Å²) >= 11 is 0. The first-order valence-electron chi connectivity index (χ1n) is 5.60. The van der Waals surface area contributed by atoms with Crippen molar-refractivity contribution in [1.82, 2.24) is 0 Å². The number of nitrogens with one attached hydrogen (secondary N) is 1. The van der Waals surface area contributed by atoms with Crippen molar-refractivity contribution >= 4 is 11.4 Å². The minimum absolute atomic E-state index is 0.198. The quantitative estimate of drug-likeness (QED) is 0.628. The summed E-state index contributed by atoms with van der Waals surface area (Å²) in [6.45, 7) is 5.17. The molecule has 0 fully saturated rings. The van der Waals surface area contributed by atoms with Crippen LogP contribution in [0.3, 0.4) is 0 Å². The normalized spacial score (nSPS) is 18.3. The molecule has 4 nitrogen and oxygen atoms in total. The van der Waals surface area contributed by atoms with Crippen LogP contribution in [-0.4, -0.2) is 11.5 Å². The van der Waals surface area contributed by atoms with E-state index in [0.717, 1.165) is 24.2 Å². The maximum atomic E-state index is 10.9. The third-order valence-electron chi connectivity index (χ3n) is 2.99. The second-order valence-corrected chi connectivity index (χ2v) is 4.71. The topological polar surface area (TPSA) is 55.2 Å². The Balaban J connectivity index is 2.34. The van der Waals surface area contributed by atoms with E-state index in [-0.39, 0.29) is 10.6 Å². The van der Waals surface area contributed by atoms with E-state index in [1.54, 1.807) is 12.1 Å². The van der Waals surface area contributed by atoms with Gasteiger partial charge in [0.1, 0.15) is 5.69 Å². The first-order valence-corrected chi connectivity index (χ1v) is 5.60. The van der Waals surface area contributed by atoms with Crippen molar-refractivity contribution in [3.63, 3.8) is 0 Å². The van der Waals surface area contributed by atoms with Gasteiger partial charge in [0.2, 0.25) is 0 Å². The van der Waals surface area contributed by atoms with Gasteiger partial charge >= 0.3 is 0 Å². The number of nitro groups is 1. The van der Waals surface area contributed by atoms with Gasteiger partial charge in [0, 0.05) is 18.5 Å². The van der Waals surface area contributed by atoms with Crippen LogP contribution in [0.2, 0.25) is 0 Å². The molecule has 2 rings (SSSR count). The Labute approximate surface area is 94.8 Å². The maximum absolute atomic E-state index is 10.9. The smallest absolute Gasteiger partial charge is 0.292 e. The molecule has 1 heterocycles. The largest absolute Gasteiger partial charge is 0.379 e. The molecule has 0 saturated heterocycles. The summed E-state index contributed by atoms with van der Waals surface area (Å²) < 4.78 is 0. The summed E-state index contributed by atoms with van der Waals surface area (Å²) in [5.74, 6) is 1.02. The number of nitro benzene ring substituents is 1. The third-order valence-corrected chi connectivity index (χ3v) is 2.99. The van der Waals surface area contributed by atoms with Crippen LogP contribution in [0.5, 0.6) is 0 Å². The molecule has 0 amide bonds. The molecule has 0 saturated carbocycles. The number of anilines is 1. The van der Waals surface area contributed by atoms with Gasteiger partial charge in [0.05, 0.1) is 4.92 Å². The Kier molecular flexibility index (Phi) is 2.81. The van der Waals surface area contributed by atoms with Crippen molar-refractivity contribution in [2.75, 3.05) is 11.9 Å². The molecule has 1 aliphatic heterocycles. The minimum Gasteiger partial charge on any atom is -0.379 e. The fourth-order valence-electron chi connectivity index (χ4n) is 2.36. The highest BCUT2D eigenvalue weighted by atomic mass is 16.6. The number of nitrogens with zero attached hydrogens (tertiary/aromatic N) is 1. The minimum atomic E-state index is -0.316. The molecule has 1 atom stereocenters. The van der Waals surface area contributed by atoms with Crippen LogP contribution in [0.25, 0.3) is 0 Å². The van der Waals surface area contributed by atoms with E-state index < -0.39 is 0 Å². The fourth-order valence-corrected chi connectivity index (χ4v) is 2.36. The van der Waals surface area contributed by atoms with Crippen molar-refractivity contribution < 1.29 is 4.92 Å². The van der Waals surface area contributed by atoms with Gasteiger partial charge in [-0.25, -0.2) is 0 Å². The van der Waals surface area contributed by atoms with E-state index in [1.807, 2.05) is 6.07 Å². The number of para-hydroxylation sites is 1. The first-order chi connectivity index (χ1) is 7.59. The average molecular weight is 220 g/mol. The summed E-state index contributed by atoms with van der Waals surface area (Å²) in [7, 11) is 0. The lowest BCUT2D eigenvalue weighted by Crippen LogP contribution is -2.05. The molecule has 1 N–H and O–H groups in total. The van der Waals surface area contributed by atoms with Gasteiger partial charge in [-0.15, -0.1) is 0 Å². The first kappa shape index (κ1) is 10.9. The van der Waals surface area contributed by atoms with E-state index in [0.29, 0.717) is 11.8 Å². The Hall–Kier alpha value is -1.58. The number of rotatable bonds is 3. The van der Waals surface area contributed by atoms with Crippen molar-refractivity contribution in [3.05, 3.63) is 33.9 Å². The van der Waals surface area contributed by atoms with Crippen LogP contribution < -0.4 is 5.32 Å². The molecule has 1 aromatic rings. The van der Waals surface area contributed by atoms with Gasteiger partial charge in [0.25, 0.3) is 5.69 Å². The molecule has 4 heteroatoms. The van der Waals surface area contributed by atoms with E-state index in [4.69, 9.17) is 0 Å². The Bertz CT molecular complexity index is 415. The highest BCUT2D eigenvalue weighted by molar-refractivity contribution is 5.70. The molecule has 0 aliphatic carbocycles. The predicted molar refractivity (Wildman–Crippen MR) is 63.8 cm³/mol. The van der Waals surface area contributed by atoms with Gasteiger partial charge in [-0.05, 0) is 17.9 Å². The number of hydrogen-bond donors (Lipinski definition) is 1. The lowest BCUT2D eigenvalue weighted by atomic mass is 9.92. The maximum Gasteiger partial charge on any atom is 0.292 e. The van der Waals surface area contributed by atoms with E-state index in [9.17, 15) is 10.1 Å². The van der Waals surface area contributed by atoms with Crippen molar-refractivity contribution in [2.24, 2.45) is 5.92 Å². The third kappa shape index (κ3) is 1.87. The van der Waals surface area contributed by atoms with Crippen LogP contribution in [0.1, 0.15) is 31.7 Å². The molecular formula is C12H16N2O2. The zero-order valence-electron chi connectivity index (χ0n) is 9.56. The molecule has 1 aromatic carbocycles. The van der Waals surface area contributed by atoms with Crippen molar-refractivity contribution in [3.8, 4) is 0 Å². The van der Waals surface area contributed by atoms with Crippen LogP contribution in [-0.2, 0) is 0 Å². The standard InChI is InChI=1S/C12H16N2O2/c1-8(2)6-9-7-13-12-10(9)4-3-5-11(12)14(15)16/h3-5,8-9,13H,6-7H2,1-2H3. The molecule has 1 aliphatic rings. The highest BCUT2D eigenvalue weighted by Gasteiger charge is 2.28. The lowest BCUT2D eigenvalue weighted by molar-refractivity contribution is -0.383. The van der Waals surface area contributed by atoms with Gasteiger partial charge in [0.15, 0.2) is 0 Å². The number of fused-ring (bicyclic) bond motifs is 1.